The van der Waals surface area contributed by atoms with E-state index in [0.717, 1.165) is 39.7 Å². The van der Waals surface area contributed by atoms with Gasteiger partial charge in [0.25, 0.3) is 5.91 Å². The number of aromatic nitrogens is 4. The number of amides is 1. The van der Waals surface area contributed by atoms with E-state index in [0.29, 0.717) is 29.6 Å². The van der Waals surface area contributed by atoms with Crippen LogP contribution >= 0.6 is 11.6 Å². The number of hydrogen-bond acceptors (Lipinski definition) is 5. The van der Waals surface area contributed by atoms with Crippen LogP contribution in [0.5, 0.6) is 0 Å². The fraction of sp³-hybridized carbons (Fsp3) is 0.172. The molecule has 3 aromatic heterocycles. The van der Waals surface area contributed by atoms with Crippen LogP contribution in [0.25, 0.3) is 27.8 Å². The van der Waals surface area contributed by atoms with E-state index in [9.17, 15) is 4.79 Å². The van der Waals surface area contributed by atoms with Gasteiger partial charge in [-0.15, -0.1) is 0 Å². The zero-order valence-electron chi connectivity index (χ0n) is 19.8. The Hall–Kier alpha value is -4.07. The highest BCUT2D eigenvalue weighted by Crippen LogP contribution is 2.45. The first kappa shape index (κ1) is 22.2. The highest BCUT2D eigenvalue weighted by atomic mass is 35.5. The number of rotatable bonds is 5. The van der Waals surface area contributed by atoms with Gasteiger partial charge in [-0.2, -0.15) is 0 Å². The fourth-order valence-corrected chi connectivity index (χ4v) is 5.31. The van der Waals surface area contributed by atoms with Crippen molar-refractivity contribution in [2.75, 3.05) is 13.2 Å². The van der Waals surface area contributed by atoms with Crippen molar-refractivity contribution < 1.29 is 9.53 Å². The summed E-state index contributed by atoms with van der Waals surface area (Å²) in [5, 5.41) is 4.48. The molecular formula is C29H22ClN5O2. The Morgan fingerprint density at radius 2 is 1.95 bits per heavy atom. The number of allylic oxidation sites excluding steroid dienone is 2. The summed E-state index contributed by atoms with van der Waals surface area (Å²) in [6.07, 6.45) is 12.7. The van der Waals surface area contributed by atoms with Gasteiger partial charge in [0.05, 0.1) is 46.1 Å². The van der Waals surface area contributed by atoms with E-state index in [1.54, 1.807) is 18.5 Å². The molecule has 182 valence electrons. The van der Waals surface area contributed by atoms with Crippen molar-refractivity contribution in [3.63, 3.8) is 0 Å². The van der Waals surface area contributed by atoms with Crippen LogP contribution in [0.1, 0.15) is 28.0 Å². The predicted molar refractivity (Wildman–Crippen MR) is 142 cm³/mol. The summed E-state index contributed by atoms with van der Waals surface area (Å²) in [7, 11) is 0. The molecular weight excluding hydrogens is 486 g/mol. The molecule has 2 aliphatic rings. The highest BCUT2D eigenvalue weighted by Gasteiger charge is 2.41. The molecule has 0 radical (unpaired) electrons. The third-order valence-corrected chi connectivity index (χ3v) is 7.49. The van der Waals surface area contributed by atoms with Crippen LogP contribution in [0.3, 0.4) is 0 Å². The summed E-state index contributed by atoms with van der Waals surface area (Å²) < 4.78 is 7.37. The normalized spacial score (nSPS) is 17.9. The minimum Gasteiger partial charge on any atom is -0.379 e. The number of halogens is 1. The second-order valence-corrected chi connectivity index (χ2v) is 9.91. The van der Waals surface area contributed by atoms with Crippen LogP contribution in [0, 0.1) is 0 Å². The summed E-state index contributed by atoms with van der Waals surface area (Å²) in [6.45, 7) is 1.20. The van der Waals surface area contributed by atoms with Crippen molar-refractivity contribution in [1.29, 1.82) is 0 Å². The van der Waals surface area contributed by atoms with Gasteiger partial charge in [0.15, 0.2) is 0 Å². The SMILES string of the molecule is O=C(NC1CCOC1)c1ccc(-c2cnc3ncc(C4(c5ccc6ncccc6c5)C=C4)n3c2)cc1Cl. The maximum Gasteiger partial charge on any atom is 0.253 e. The molecule has 1 aliphatic heterocycles. The van der Waals surface area contributed by atoms with Gasteiger partial charge in [0.2, 0.25) is 5.78 Å². The van der Waals surface area contributed by atoms with Gasteiger partial charge in [-0.05, 0) is 47.9 Å². The largest absolute Gasteiger partial charge is 0.379 e. The number of ether oxygens (including phenoxy) is 1. The molecule has 4 heterocycles. The maximum atomic E-state index is 12.7. The highest BCUT2D eigenvalue weighted by molar-refractivity contribution is 6.34. The van der Waals surface area contributed by atoms with Gasteiger partial charge in [-0.25, -0.2) is 9.97 Å². The van der Waals surface area contributed by atoms with Crippen molar-refractivity contribution in [3.05, 3.63) is 107 Å². The molecule has 1 fully saturated rings. The summed E-state index contributed by atoms with van der Waals surface area (Å²) in [5.74, 6) is 0.431. The third kappa shape index (κ3) is 3.79. The van der Waals surface area contributed by atoms with E-state index in [-0.39, 0.29) is 17.4 Å². The summed E-state index contributed by atoms with van der Waals surface area (Å²) >= 11 is 6.55. The minimum atomic E-state index is -0.340. The van der Waals surface area contributed by atoms with Crippen molar-refractivity contribution in [2.24, 2.45) is 0 Å². The van der Waals surface area contributed by atoms with Crippen molar-refractivity contribution in [1.82, 2.24) is 24.7 Å². The first-order valence-electron chi connectivity index (χ1n) is 12.2. The van der Waals surface area contributed by atoms with Gasteiger partial charge >= 0.3 is 0 Å². The Bertz CT molecular complexity index is 1710. The zero-order valence-corrected chi connectivity index (χ0v) is 20.5. The average Bonchev–Trinajstić information content (AvgIpc) is 3.35. The summed E-state index contributed by atoms with van der Waals surface area (Å²) in [4.78, 5) is 26.3. The van der Waals surface area contributed by atoms with E-state index >= 15 is 0 Å². The molecule has 5 aromatic rings. The summed E-state index contributed by atoms with van der Waals surface area (Å²) in [5.41, 5.74) is 4.99. The lowest BCUT2D eigenvalue weighted by molar-refractivity contribution is 0.0930. The third-order valence-electron chi connectivity index (χ3n) is 7.18. The lowest BCUT2D eigenvalue weighted by Gasteiger charge is -2.17. The van der Waals surface area contributed by atoms with Crippen molar-refractivity contribution in [3.8, 4) is 11.1 Å². The van der Waals surface area contributed by atoms with Gasteiger partial charge in [-0.1, -0.05) is 42.0 Å². The fourth-order valence-electron chi connectivity index (χ4n) is 5.05. The molecule has 0 saturated carbocycles. The number of benzene rings is 2. The minimum absolute atomic E-state index is 0.0248. The molecule has 8 heteroatoms. The van der Waals surface area contributed by atoms with Gasteiger partial charge in [0, 0.05) is 36.1 Å². The smallest absolute Gasteiger partial charge is 0.253 e. The standard InChI is InChI=1S/C29H22ClN5O2/c30-24-13-18(3-5-23(24)27(36)34-22-7-11-37-17-22)20-14-32-28-33-15-26(35(28)16-20)29(8-9-29)21-4-6-25-19(12-21)2-1-10-31-25/h1-6,8-10,12-16,22H,7,11,17H2,(H,34,36). The Kier molecular flexibility index (Phi) is 5.09. The lowest BCUT2D eigenvalue weighted by atomic mass is 9.89. The first-order valence-corrected chi connectivity index (χ1v) is 12.6. The molecule has 1 unspecified atom stereocenters. The van der Waals surface area contributed by atoms with Crippen molar-refractivity contribution in [2.45, 2.75) is 17.9 Å². The van der Waals surface area contributed by atoms with E-state index < -0.39 is 0 Å². The molecule has 7 rings (SSSR count). The monoisotopic (exact) mass is 507 g/mol. The van der Waals surface area contributed by atoms with E-state index in [4.69, 9.17) is 16.3 Å². The number of pyridine rings is 1. The number of carbonyl (C=O) groups excluding carboxylic acids is 1. The Balaban J connectivity index is 1.23. The molecule has 7 nitrogen and oxygen atoms in total. The molecule has 1 amide bonds. The van der Waals surface area contributed by atoms with Crippen LogP contribution < -0.4 is 5.32 Å². The maximum absolute atomic E-state index is 12.7. The second kappa shape index (κ2) is 8.50. The van der Waals surface area contributed by atoms with Gasteiger partial charge in [-0.3, -0.25) is 14.2 Å². The molecule has 1 saturated heterocycles. The molecule has 0 bridgehead atoms. The van der Waals surface area contributed by atoms with E-state index in [1.165, 1.54) is 0 Å². The quantitative estimate of drug-likeness (QED) is 0.340. The van der Waals surface area contributed by atoms with Crippen LogP contribution in [-0.2, 0) is 10.2 Å². The van der Waals surface area contributed by atoms with E-state index in [1.807, 2.05) is 35.0 Å². The number of fused-ring (bicyclic) bond motifs is 2. The number of carbonyl (C=O) groups is 1. The van der Waals surface area contributed by atoms with Crippen LogP contribution in [0.2, 0.25) is 5.02 Å². The van der Waals surface area contributed by atoms with Crippen LogP contribution in [0.4, 0.5) is 0 Å². The first-order chi connectivity index (χ1) is 18.1. The average molecular weight is 508 g/mol. The number of imidazole rings is 1. The number of hydrogen-bond donors (Lipinski definition) is 1. The Morgan fingerprint density at radius 1 is 1.05 bits per heavy atom. The van der Waals surface area contributed by atoms with E-state index in [2.05, 4.69) is 56.7 Å². The zero-order chi connectivity index (χ0) is 25.0. The molecule has 1 atom stereocenters. The Labute approximate surface area is 217 Å². The predicted octanol–water partition coefficient (Wildman–Crippen LogP) is 4.97. The molecule has 1 N–H and O–H groups in total. The van der Waals surface area contributed by atoms with Crippen LogP contribution in [0.15, 0.2) is 85.5 Å². The topological polar surface area (TPSA) is 81.4 Å². The molecule has 1 aliphatic carbocycles. The lowest BCUT2D eigenvalue weighted by Crippen LogP contribution is -2.35. The Morgan fingerprint density at radius 3 is 2.76 bits per heavy atom. The number of nitrogens with one attached hydrogen (secondary N) is 1. The second-order valence-electron chi connectivity index (χ2n) is 9.50. The van der Waals surface area contributed by atoms with Gasteiger partial charge in [0.1, 0.15) is 0 Å². The molecule has 37 heavy (non-hydrogen) atoms. The van der Waals surface area contributed by atoms with Crippen molar-refractivity contribution >= 4 is 34.2 Å². The van der Waals surface area contributed by atoms with Gasteiger partial charge < -0.3 is 10.1 Å². The summed E-state index contributed by atoms with van der Waals surface area (Å²) in [6, 6.07) is 15.9. The molecule has 0 spiro atoms. The molecule has 2 aromatic carbocycles. The van der Waals surface area contributed by atoms with Crippen LogP contribution in [-0.4, -0.2) is 44.5 Å². The number of nitrogens with zero attached hydrogens (tertiary/aromatic N) is 4.